The lowest BCUT2D eigenvalue weighted by Crippen LogP contribution is -2.45. The van der Waals surface area contributed by atoms with Crippen molar-refractivity contribution in [3.05, 3.63) is 59.7 Å². The SMILES string of the molecule is CCOc1ccc(/C=C/C(=O)NCc2ccccc2N2CCN(C)CC2)cc1OCC. The van der Waals surface area contributed by atoms with Gasteiger partial charge in [-0.3, -0.25) is 4.79 Å². The fourth-order valence-electron chi connectivity index (χ4n) is 3.60. The van der Waals surface area contributed by atoms with Gasteiger partial charge in [0.15, 0.2) is 11.5 Å². The van der Waals surface area contributed by atoms with Gasteiger partial charge in [-0.1, -0.05) is 24.3 Å². The van der Waals surface area contributed by atoms with E-state index < -0.39 is 0 Å². The molecule has 1 heterocycles. The fourth-order valence-corrected chi connectivity index (χ4v) is 3.60. The molecule has 1 aliphatic heterocycles. The van der Waals surface area contributed by atoms with Gasteiger partial charge in [0.1, 0.15) is 0 Å². The number of benzene rings is 2. The van der Waals surface area contributed by atoms with Crippen LogP contribution in [0, 0.1) is 0 Å². The fraction of sp³-hybridized carbons (Fsp3) is 0.400. The minimum Gasteiger partial charge on any atom is -0.490 e. The van der Waals surface area contributed by atoms with E-state index in [0.717, 1.165) is 37.3 Å². The van der Waals surface area contributed by atoms with E-state index >= 15 is 0 Å². The minimum atomic E-state index is -0.125. The maximum atomic E-state index is 12.4. The number of anilines is 1. The number of likely N-dealkylation sites (N-methyl/N-ethyl adjacent to an activating group) is 1. The maximum absolute atomic E-state index is 12.4. The van der Waals surface area contributed by atoms with Crippen LogP contribution in [0.25, 0.3) is 6.08 Å². The number of amides is 1. The predicted molar refractivity (Wildman–Crippen MR) is 126 cm³/mol. The second-order valence-corrected chi connectivity index (χ2v) is 7.54. The van der Waals surface area contributed by atoms with Crippen molar-refractivity contribution < 1.29 is 14.3 Å². The van der Waals surface area contributed by atoms with Gasteiger partial charge in [-0.05, 0) is 56.3 Å². The number of hydrogen-bond acceptors (Lipinski definition) is 5. The zero-order valence-corrected chi connectivity index (χ0v) is 18.8. The quantitative estimate of drug-likeness (QED) is 0.625. The summed E-state index contributed by atoms with van der Waals surface area (Å²) in [4.78, 5) is 17.2. The molecule has 1 fully saturated rings. The largest absolute Gasteiger partial charge is 0.490 e. The van der Waals surface area contributed by atoms with Crippen molar-refractivity contribution in [2.45, 2.75) is 20.4 Å². The topological polar surface area (TPSA) is 54.0 Å². The van der Waals surface area contributed by atoms with Crippen molar-refractivity contribution in [3.63, 3.8) is 0 Å². The number of nitrogens with zero attached hydrogens (tertiary/aromatic N) is 2. The summed E-state index contributed by atoms with van der Waals surface area (Å²) in [6.07, 6.45) is 3.35. The van der Waals surface area contributed by atoms with Gasteiger partial charge in [0.2, 0.25) is 5.91 Å². The summed E-state index contributed by atoms with van der Waals surface area (Å²) in [7, 11) is 2.15. The van der Waals surface area contributed by atoms with E-state index in [0.29, 0.717) is 31.3 Å². The highest BCUT2D eigenvalue weighted by molar-refractivity contribution is 5.91. The van der Waals surface area contributed by atoms with Crippen molar-refractivity contribution in [1.29, 1.82) is 0 Å². The van der Waals surface area contributed by atoms with Crippen molar-refractivity contribution in [2.75, 3.05) is 51.3 Å². The second kappa shape index (κ2) is 11.4. The van der Waals surface area contributed by atoms with E-state index in [1.54, 1.807) is 12.2 Å². The molecule has 0 aromatic heterocycles. The van der Waals surface area contributed by atoms with Crippen LogP contribution in [-0.2, 0) is 11.3 Å². The average Bonchev–Trinajstić information content (AvgIpc) is 2.79. The molecule has 2 aromatic carbocycles. The number of para-hydroxylation sites is 1. The van der Waals surface area contributed by atoms with Gasteiger partial charge in [-0.25, -0.2) is 0 Å². The van der Waals surface area contributed by atoms with Crippen LogP contribution < -0.4 is 19.7 Å². The van der Waals surface area contributed by atoms with Gasteiger partial charge in [0, 0.05) is 44.5 Å². The Balaban J connectivity index is 1.61. The smallest absolute Gasteiger partial charge is 0.244 e. The molecule has 0 saturated carbocycles. The third kappa shape index (κ3) is 6.49. The first-order valence-corrected chi connectivity index (χ1v) is 11.0. The Morgan fingerprint density at radius 1 is 1.00 bits per heavy atom. The van der Waals surface area contributed by atoms with Crippen LogP contribution in [0.5, 0.6) is 11.5 Å². The third-order valence-electron chi connectivity index (χ3n) is 5.28. The number of rotatable bonds is 9. The molecule has 2 aromatic rings. The summed E-state index contributed by atoms with van der Waals surface area (Å²) in [5.74, 6) is 1.28. The first kappa shape index (κ1) is 22.7. The number of ether oxygens (including phenoxy) is 2. The first-order valence-electron chi connectivity index (χ1n) is 11.0. The van der Waals surface area contributed by atoms with Crippen LogP contribution >= 0.6 is 0 Å². The zero-order valence-electron chi connectivity index (χ0n) is 18.8. The molecule has 0 unspecified atom stereocenters. The molecule has 0 bridgehead atoms. The van der Waals surface area contributed by atoms with Gasteiger partial charge in [-0.15, -0.1) is 0 Å². The minimum absolute atomic E-state index is 0.125. The summed E-state index contributed by atoms with van der Waals surface area (Å²) >= 11 is 0. The Morgan fingerprint density at radius 3 is 2.45 bits per heavy atom. The number of carbonyl (C=O) groups is 1. The van der Waals surface area contributed by atoms with Gasteiger partial charge >= 0.3 is 0 Å². The molecule has 6 nitrogen and oxygen atoms in total. The second-order valence-electron chi connectivity index (χ2n) is 7.54. The summed E-state index contributed by atoms with van der Waals surface area (Å²) in [5.41, 5.74) is 3.22. The van der Waals surface area contributed by atoms with E-state index in [4.69, 9.17) is 9.47 Å². The Labute approximate surface area is 185 Å². The molecule has 1 saturated heterocycles. The molecule has 0 aliphatic carbocycles. The Hall–Kier alpha value is -2.99. The molecule has 6 heteroatoms. The van der Waals surface area contributed by atoms with Crippen molar-refractivity contribution >= 4 is 17.7 Å². The van der Waals surface area contributed by atoms with Gasteiger partial charge < -0.3 is 24.6 Å². The number of carbonyl (C=O) groups excluding carboxylic acids is 1. The lowest BCUT2D eigenvalue weighted by atomic mass is 10.1. The summed E-state index contributed by atoms with van der Waals surface area (Å²) < 4.78 is 11.2. The molecule has 0 spiro atoms. The third-order valence-corrected chi connectivity index (χ3v) is 5.28. The Kier molecular flexibility index (Phi) is 8.35. The van der Waals surface area contributed by atoms with E-state index in [9.17, 15) is 4.79 Å². The highest BCUT2D eigenvalue weighted by Gasteiger charge is 2.16. The van der Waals surface area contributed by atoms with Crippen molar-refractivity contribution in [1.82, 2.24) is 10.2 Å². The molecule has 0 radical (unpaired) electrons. The highest BCUT2D eigenvalue weighted by Crippen LogP contribution is 2.29. The monoisotopic (exact) mass is 423 g/mol. The van der Waals surface area contributed by atoms with Crippen molar-refractivity contribution in [3.8, 4) is 11.5 Å². The van der Waals surface area contributed by atoms with Crippen LogP contribution in [0.4, 0.5) is 5.69 Å². The maximum Gasteiger partial charge on any atom is 0.244 e. The average molecular weight is 424 g/mol. The lowest BCUT2D eigenvalue weighted by molar-refractivity contribution is -0.116. The Bertz CT molecular complexity index is 889. The molecule has 1 aliphatic rings. The number of nitrogens with one attached hydrogen (secondary N) is 1. The first-order chi connectivity index (χ1) is 15.1. The Morgan fingerprint density at radius 2 is 1.71 bits per heavy atom. The zero-order chi connectivity index (χ0) is 22.1. The number of hydrogen-bond donors (Lipinski definition) is 1. The van der Waals surface area contributed by atoms with E-state index in [1.807, 2.05) is 38.1 Å². The predicted octanol–water partition coefficient (Wildman–Crippen LogP) is 3.57. The molecule has 0 atom stereocenters. The van der Waals surface area contributed by atoms with Crippen LogP contribution in [0.15, 0.2) is 48.5 Å². The van der Waals surface area contributed by atoms with Gasteiger partial charge in [0.25, 0.3) is 0 Å². The molecular weight excluding hydrogens is 390 g/mol. The van der Waals surface area contributed by atoms with Crippen LogP contribution in [0.1, 0.15) is 25.0 Å². The standard InChI is InChI=1S/C25H33N3O3/c1-4-30-23-12-10-20(18-24(23)31-5-2)11-13-25(29)26-19-21-8-6-7-9-22(21)28-16-14-27(3)15-17-28/h6-13,18H,4-5,14-17,19H2,1-3H3,(H,26,29)/b13-11+. The van der Waals surface area contributed by atoms with Crippen LogP contribution in [-0.4, -0.2) is 57.2 Å². The van der Waals surface area contributed by atoms with Crippen molar-refractivity contribution in [2.24, 2.45) is 0 Å². The van der Waals surface area contributed by atoms with Gasteiger partial charge in [0.05, 0.1) is 13.2 Å². The molecule has 3 rings (SSSR count). The lowest BCUT2D eigenvalue weighted by Gasteiger charge is -2.35. The highest BCUT2D eigenvalue weighted by atomic mass is 16.5. The molecule has 166 valence electrons. The molecule has 1 N–H and O–H groups in total. The van der Waals surface area contributed by atoms with E-state index in [2.05, 4.69) is 40.4 Å². The van der Waals surface area contributed by atoms with E-state index in [-0.39, 0.29) is 5.91 Å². The van der Waals surface area contributed by atoms with Crippen LogP contribution in [0.3, 0.4) is 0 Å². The van der Waals surface area contributed by atoms with Gasteiger partial charge in [-0.2, -0.15) is 0 Å². The summed E-state index contributed by atoms with van der Waals surface area (Å²) in [5, 5.41) is 3.01. The van der Waals surface area contributed by atoms with Crippen LogP contribution in [0.2, 0.25) is 0 Å². The molecule has 1 amide bonds. The normalized spacial score (nSPS) is 14.6. The van der Waals surface area contributed by atoms with E-state index in [1.165, 1.54) is 5.69 Å². The summed E-state index contributed by atoms with van der Waals surface area (Å²) in [6.45, 7) is 9.61. The summed E-state index contributed by atoms with van der Waals surface area (Å²) in [6, 6.07) is 14.0. The molecular formula is C25H33N3O3. The number of piperazine rings is 1. The molecule has 31 heavy (non-hydrogen) atoms.